The Morgan fingerprint density at radius 1 is 0.794 bits per heavy atom. The van der Waals surface area contributed by atoms with Crippen LogP contribution >= 0.6 is 0 Å². The highest BCUT2D eigenvalue weighted by Crippen LogP contribution is 2.29. The van der Waals surface area contributed by atoms with Crippen LogP contribution in [0.2, 0.25) is 0 Å². The number of amides is 2. The minimum Gasteiger partial charge on any atom is -0.352 e. The number of hydrogen-bond donors (Lipinski definition) is 1. The second-order valence-corrected chi connectivity index (χ2v) is 8.99. The van der Waals surface area contributed by atoms with E-state index < -0.39 is 6.04 Å². The molecular formula is C30H36N2O2. The minimum absolute atomic E-state index is 0.000562. The van der Waals surface area contributed by atoms with E-state index in [9.17, 15) is 9.59 Å². The number of nitrogens with one attached hydrogen (secondary N) is 1. The highest BCUT2D eigenvalue weighted by atomic mass is 16.2. The lowest BCUT2D eigenvalue weighted by molar-refractivity contribution is -0.141. The molecule has 0 aromatic heterocycles. The quantitative estimate of drug-likeness (QED) is 0.409. The molecule has 4 heteroatoms. The summed E-state index contributed by atoms with van der Waals surface area (Å²) in [5, 5.41) is 3.01. The van der Waals surface area contributed by atoms with E-state index in [4.69, 9.17) is 0 Å². The summed E-state index contributed by atoms with van der Waals surface area (Å²) in [6.45, 7) is 6.37. The molecule has 0 spiro atoms. The van der Waals surface area contributed by atoms with Gasteiger partial charge in [-0.05, 0) is 43.4 Å². The molecule has 1 N–H and O–H groups in total. The number of rotatable bonds is 11. The fraction of sp³-hybridized carbons (Fsp3) is 0.333. The monoisotopic (exact) mass is 456 g/mol. The predicted molar refractivity (Wildman–Crippen MR) is 139 cm³/mol. The third kappa shape index (κ3) is 7.05. The second kappa shape index (κ2) is 12.7. The highest BCUT2D eigenvalue weighted by molar-refractivity contribution is 5.88. The van der Waals surface area contributed by atoms with Crippen LogP contribution in [-0.2, 0) is 16.0 Å². The number of carbonyl (C=O) groups excluding carboxylic acids is 2. The van der Waals surface area contributed by atoms with Gasteiger partial charge in [0.05, 0.1) is 0 Å². The highest BCUT2D eigenvalue weighted by Gasteiger charge is 2.30. The molecule has 34 heavy (non-hydrogen) atoms. The molecule has 2 amide bonds. The fourth-order valence-corrected chi connectivity index (χ4v) is 4.37. The van der Waals surface area contributed by atoms with Crippen molar-refractivity contribution in [3.05, 3.63) is 108 Å². The zero-order valence-corrected chi connectivity index (χ0v) is 20.5. The number of nitrogens with zero attached hydrogens (tertiary/aromatic N) is 1. The molecule has 0 saturated carbocycles. The molecule has 0 aliphatic rings. The van der Waals surface area contributed by atoms with E-state index in [0.29, 0.717) is 25.8 Å². The Balaban J connectivity index is 1.89. The van der Waals surface area contributed by atoms with E-state index in [1.54, 1.807) is 4.90 Å². The van der Waals surface area contributed by atoms with Crippen molar-refractivity contribution in [3.8, 4) is 0 Å². The van der Waals surface area contributed by atoms with Crippen molar-refractivity contribution in [2.24, 2.45) is 0 Å². The van der Waals surface area contributed by atoms with E-state index >= 15 is 0 Å². The lowest BCUT2D eigenvalue weighted by atomic mass is 9.88. The fourth-order valence-electron chi connectivity index (χ4n) is 4.37. The Kier molecular flexibility index (Phi) is 9.45. The first kappa shape index (κ1) is 25.2. The first-order chi connectivity index (χ1) is 16.5. The molecule has 3 aromatic rings. The zero-order chi connectivity index (χ0) is 24.3. The summed E-state index contributed by atoms with van der Waals surface area (Å²) in [6.07, 6.45) is 1.59. The summed E-state index contributed by atoms with van der Waals surface area (Å²) in [5.41, 5.74) is 3.36. The van der Waals surface area contributed by atoms with Gasteiger partial charge in [0.2, 0.25) is 11.8 Å². The largest absolute Gasteiger partial charge is 0.352 e. The third-order valence-electron chi connectivity index (χ3n) is 6.08. The molecule has 3 rings (SSSR count). The van der Waals surface area contributed by atoms with Crippen molar-refractivity contribution in [1.82, 2.24) is 10.2 Å². The molecule has 0 aliphatic carbocycles. The standard InChI is InChI=1S/C30H36N2O2/c1-4-28(30(34)31-23(2)3)32(21-20-24-14-8-5-9-15-24)29(33)22-27(25-16-10-6-11-17-25)26-18-12-7-13-19-26/h5-19,23,27-28H,4,20-22H2,1-3H3,(H,31,34)/t28-/m0/s1. The summed E-state index contributed by atoms with van der Waals surface area (Å²) in [6, 6.07) is 29.9. The Morgan fingerprint density at radius 3 is 1.76 bits per heavy atom. The van der Waals surface area contributed by atoms with Crippen molar-refractivity contribution in [2.45, 2.75) is 58.0 Å². The van der Waals surface area contributed by atoms with Crippen LogP contribution < -0.4 is 5.32 Å². The topological polar surface area (TPSA) is 49.4 Å². The van der Waals surface area contributed by atoms with Crippen LogP contribution in [0.1, 0.15) is 56.2 Å². The predicted octanol–water partition coefficient (Wildman–Crippen LogP) is 5.58. The van der Waals surface area contributed by atoms with Gasteiger partial charge >= 0.3 is 0 Å². The van der Waals surface area contributed by atoms with Gasteiger partial charge in [-0.2, -0.15) is 0 Å². The molecule has 0 aliphatic heterocycles. The molecule has 1 atom stereocenters. The maximum atomic E-state index is 13.9. The van der Waals surface area contributed by atoms with Gasteiger partial charge in [-0.3, -0.25) is 9.59 Å². The average molecular weight is 457 g/mol. The van der Waals surface area contributed by atoms with Crippen LogP contribution in [0.25, 0.3) is 0 Å². The van der Waals surface area contributed by atoms with Gasteiger partial charge in [-0.25, -0.2) is 0 Å². The van der Waals surface area contributed by atoms with Gasteiger partial charge in [0.25, 0.3) is 0 Å². The molecular weight excluding hydrogens is 420 g/mol. The molecule has 0 bridgehead atoms. The Labute approximate surface area is 204 Å². The van der Waals surface area contributed by atoms with Crippen LogP contribution in [0, 0.1) is 0 Å². The molecule has 4 nitrogen and oxygen atoms in total. The summed E-state index contributed by atoms with van der Waals surface area (Å²) in [5.74, 6) is -0.158. The van der Waals surface area contributed by atoms with Gasteiger partial charge < -0.3 is 10.2 Å². The first-order valence-corrected chi connectivity index (χ1v) is 12.2. The van der Waals surface area contributed by atoms with Crippen LogP contribution in [-0.4, -0.2) is 35.3 Å². The maximum Gasteiger partial charge on any atom is 0.242 e. The second-order valence-electron chi connectivity index (χ2n) is 8.99. The Morgan fingerprint density at radius 2 is 1.29 bits per heavy atom. The number of hydrogen-bond acceptors (Lipinski definition) is 2. The van der Waals surface area contributed by atoms with Gasteiger partial charge in [0, 0.05) is 24.9 Å². The molecule has 0 unspecified atom stereocenters. The van der Waals surface area contributed by atoms with Crippen LogP contribution in [0.4, 0.5) is 0 Å². The number of carbonyl (C=O) groups is 2. The molecule has 178 valence electrons. The van der Waals surface area contributed by atoms with Crippen molar-refractivity contribution >= 4 is 11.8 Å². The Hall–Kier alpha value is -3.40. The van der Waals surface area contributed by atoms with Crippen molar-refractivity contribution in [2.75, 3.05) is 6.54 Å². The van der Waals surface area contributed by atoms with Gasteiger partial charge in [-0.15, -0.1) is 0 Å². The summed E-state index contributed by atoms with van der Waals surface area (Å²) >= 11 is 0. The Bertz CT molecular complexity index is 980. The molecule has 0 heterocycles. The molecule has 0 fully saturated rings. The average Bonchev–Trinajstić information content (AvgIpc) is 2.86. The molecule has 0 saturated heterocycles. The van der Waals surface area contributed by atoms with Gasteiger partial charge in [0.1, 0.15) is 6.04 Å². The minimum atomic E-state index is -0.495. The van der Waals surface area contributed by atoms with Crippen LogP contribution in [0.3, 0.4) is 0 Å². The SMILES string of the molecule is CC[C@@H](C(=O)NC(C)C)N(CCc1ccccc1)C(=O)CC(c1ccccc1)c1ccccc1. The summed E-state index contributed by atoms with van der Waals surface area (Å²) in [4.78, 5) is 28.7. The smallest absolute Gasteiger partial charge is 0.242 e. The van der Waals surface area contributed by atoms with E-state index in [1.807, 2.05) is 75.4 Å². The lowest BCUT2D eigenvalue weighted by Gasteiger charge is -2.32. The van der Waals surface area contributed by atoms with E-state index in [2.05, 4.69) is 41.7 Å². The zero-order valence-electron chi connectivity index (χ0n) is 20.5. The van der Waals surface area contributed by atoms with Crippen molar-refractivity contribution in [3.63, 3.8) is 0 Å². The maximum absolute atomic E-state index is 13.9. The third-order valence-corrected chi connectivity index (χ3v) is 6.08. The van der Waals surface area contributed by atoms with E-state index in [0.717, 1.165) is 16.7 Å². The van der Waals surface area contributed by atoms with E-state index in [-0.39, 0.29) is 23.8 Å². The van der Waals surface area contributed by atoms with Gasteiger partial charge in [0.15, 0.2) is 0 Å². The van der Waals surface area contributed by atoms with Crippen molar-refractivity contribution in [1.29, 1.82) is 0 Å². The first-order valence-electron chi connectivity index (χ1n) is 12.2. The number of benzene rings is 3. The molecule has 0 radical (unpaired) electrons. The lowest BCUT2D eigenvalue weighted by Crippen LogP contribution is -2.51. The van der Waals surface area contributed by atoms with Crippen LogP contribution in [0.15, 0.2) is 91.0 Å². The van der Waals surface area contributed by atoms with E-state index in [1.165, 1.54) is 0 Å². The summed E-state index contributed by atoms with van der Waals surface area (Å²) in [7, 11) is 0. The normalized spacial score (nSPS) is 11.9. The molecule has 3 aromatic carbocycles. The van der Waals surface area contributed by atoms with Crippen molar-refractivity contribution < 1.29 is 9.59 Å². The summed E-state index contributed by atoms with van der Waals surface area (Å²) < 4.78 is 0. The van der Waals surface area contributed by atoms with Crippen LogP contribution in [0.5, 0.6) is 0 Å². The van der Waals surface area contributed by atoms with Gasteiger partial charge in [-0.1, -0.05) is 97.9 Å².